The molecule has 1 heterocycles. The van der Waals surface area contributed by atoms with Gasteiger partial charge in [0.1, 0.15) is 11.5 Å². The second-order valence-corrected chi connectivity index (χ2v) is 6.69. The van der Waals surface area contributed by atoms with Crippen molar-refractivity contribution in [1.29, 1.82) is 0 Å². The highest BCUT2D eigenvalue weighted by atomic mass is 16.5. The van der Waals surface area contributed by atoms with Gasteiger partial charge in [0.2, 0.25) is 0 Å². The van der Waals surface area contributed by atoms with Crippen molar-refractivity contribution in [3.8, 4) is 11.5 Å². The Bertz CT molecular complexity index is 1060. The molecule has 0 aliphatic heterocycles. The Morgan fingerprint density at radius 1 is 1.14 bits per heavy atom. The van der Waals surface area contributed by atoms with Gasteiger partial charge in [0, 0.05) is 28.6 Å². The van der Waals surface area contributed by atoms with Gasteiger partial charge >= 0.3 is 0 Å². The fraction of sp³-hybridized carbons (Fsp3) is 0.227. The summed E-state index contributed by atoms with van der Waals surface area (Å²) >= 11 is 0. The summed E-state index contributed by atoms with van der Waals surface area (Å²) in [5.41, 5.74) is 5.76. The Balaban J connectivity index is 1.58. The van der Waals surface area contributed by atoms with Crippen molar-refractivity contribution in [1.82, 2.24) is 10.4 Å². The molecular formula is C22H21N3O3. The van der Waals surface area contributed by atoms with Crippen LogP contribution in [-0.2, 0) is 0 Å². The second kappa shape index (κ2) is 7.68. The average Bonchev–Trinajstić information content (AvgIpc) is 3.58. The fourth-order valence-electron chi connectivity index (χ4n) is 3.12. The summed E-state index contributed by atoms with van der Waals surface area (Å²) in [6.45, 7) is 0. The highest BCUT2D eigenvalue weighted by Crippen LogP contribution is 2.40. The molecule has 2 aromatic carbocycles. The van der Waals surface area contributed by atoms with E-state index in [1.54, 1.807) is 26.5 Å². The number of rotatable bonds is 6. The number of aromatic nitrogens is 1. The van der Waals surface area contributed by atoms with E-state index in [0.717, 1.165) is 35.0 Å². The van der Waals surface area contributed by atoms with E-state index >= 15 is 0 Å². The third kappa shape index (κ3) is 3.67. The van der Waals surface area contributed by atoms with E-state index in [0.29, 0.717) is 23.0 Å². The Kier molecular flexibility index (Phi) is 4.93. The van der Waals surface area contributed by atoms with Crippen LogP contribution >= 0.6 is 0 Å². The van der Waals surface area contributed by atoms with Gasteiger partial charge in [-0.15, -0.1) is 0 Å². The number of nitrogens with one attached hydrogen (secondary N) is 1. The van der Waals surface area contributed by atoms with Crippen LogP contribution in [0.5, 0.6) is 11.5 Å². The number of fused-ring (bicyclic) bond motifs is 1. The average molecular weight is 375 g/mol. The molecule has 1 amide bonds. The molecule has 1 aliphatic carbocycles. The zero-order chi connectivity index (χ0) is 19.5. The number of hydrogen-bond donors (Lipinski definition) is 1. The van der Waals surface area contributed by atoms with E-state index < -0.39 is 0 Å². The lowest BCUT2D eigenvalue weighted by Gasteiger charge is -2.09. The molecular weight excluding hydrogens is 354 g/mol. The standard InChI is InChI=1S/C22H21N3O3/c1-27-16-10-9-15(21(11-16)28-2)13-23-25-22(26)18-12-20(14-7-8-14)24-19-6-4-3-5-17(18)19/h3-6,9-14H,7-8H2,1-2H3,(H,25,26)/b23-13+. The molecule has 6 heteroatoms. The van der Waals surface area contributed by atoms with Crippen molar-refractivity contribution in [2.75, 3.05) is 14.2 Å². The first-order valence-corrected chi connectivity index (χ1v) is 9.14. The summed E-state index contributed by atoms with van der Waals surface area (Å²) < 4.78 is 10.5. The van der Waals surface area contributed by atoms with Gasteiger partial charge in [-0.1, -0.05) is 18.2 Å². The summed E-state index contributed by atoms with van der Waals surface area (Å²) in [6.07, 6.45) is 3.81. The van der Waals surface area contributed by atoms with Gasteiger partial charge in [-0.05, 0) is 37.1 Å². The van der Waals surface area contributed by atoms with Gasteiger partial charge in [0.15, 0.2) is 0 Å². The first-order chi connectivity index (χ1) is 13.7. The molecule has 0 radical (unpaired) electrons. The van der Waals surface area contributed by atoms with Crippen molar-refractivity contribution in [3.63, 3.8) is 0 Å². The largest absolute Gasteiger partial charge is 0.497 e. The fourth-order valence-corrected chi connectivity index (χ4v) is 3.12. The minimum Gasteiger partial charge on any atom is -0.497 e. The van der Waals surface area contributed by atoms with E-state index in [2.05, 4.69) is 10.5 Å². The molecule has 1 saturated carbocycles. The number of ether oxygens (including phenoxy) is 2. The van der Waals surface area contributed by atoms with Gasteiger partial charge in [-0.25, -0.2) is 5.43 Å². The lowest BCUT2D eigenvalue weighted by molar-refractivity contribution is 0.0956. The van der Waals surface area contributed by atoms with Crippen molar-refractivity contribution in [3.05, 3.63) is 65.4 Å². The molecule has 4 rings (SSSR count). The number of carbonyl (C=O) groups excluding carboxylic acids is 1. The van der Waals surface area contributed by atoms with E-state index in [1.165, 1.54) is 0 Å². The molecule has 3 aromatic rings. The zero-order valence-electron chi connectivity index (χ0n) is 15.8. The molecule has 0 saturated heterocycles. The van der Waals surface area contributed by atoms with Gasteiger partial charge in [-0.2, -0.15) is 5.10 Å². The molecule has 1 aliphatic rings. The monoisotopic (exact) mass is 375 g/mol. The smallest absolute Gasteiger partial charge is 0.272 e. The quantitative estimate of drug-likeness (QED) is 0.524. The molecule has 28 heavy (non-hydrogen) atoms. The SMILES string of the molecule is COc1ccc(/C=N/NC(=O)c2cc(C3CC3)nc3ccccc23)c(OC)c1. The van der Waals surface area contributed by atoms with E-state index in [9.17, 15) is 4.79 Å². The predicted molar refractivity (Wildman–Crippen MR) is 108 cm³/mol. The number of nitrogens with zero attached hydrogens (tertiary/aromatic N) is 2. The highest BCUT2D eigenvalue weighted by molar-refractivity contribution is 6.06. The molecule has 1 fully saturated rings. The van der Waals surface area contributed by atoms with Crippen LogP contribution in [0, 0.1) is 0 Å². The van der Waals surface area contributed by atoms with Crippen molar-refractivity contribution >= 4 is 23.0 Å². The van der Waals surface area contributed by atoms with Gasteiger partial charge in [0.05, 0.1) is 31.5 Å². The normalized spacial score (nSPS) is 13.6. The van der Waals surface area contributed by atoms with Crippen LogP contribution in [0.25, 0.3) is 10.9 Å². The third-order valence-electron chi connectivity index (χ3n) is 4.79. The minimum atomic E-state index is -0.260. The number of carbonyl (C=O) groups is 1. The topological polar surface area (TPSA) is 72.8 Å². The number of hydrogen-bond acceptors (Lipinski definition) is 5. The highest BCUT2D eigenvalue weighted by Gasteiger charge is 2.26. The Morgan fingerprint density at radius 3 is 2.71 bits per heavy atom. The number of benzene rings is 2. The minimum absolute atomic E-state index is 0.260. The van der Waals surface area contributed by atoms with Crippen molar-refractivity contribution in [2.24, 2.45) is 5.10 Å². The summed E-state index contributed by atoms with van der Waals surface area (Å²) in [6, 6.07) is 15.0. The van der Waals surface area contributed by atoms with Gasteiger partial charge < -0.3 is 9.47 Å². The molecule has 6 nitrogen and oxygen atoms in total. The summed E-state index contributed by atoms with van der Waals surface area (Å²) in [7, 11) is 3.17. The molecule has 142 valence electrons. The van der Waals surface area contributed by atoms with E-state index in [4.69, 9.17) is 14.5 Å². The van der Waals surface area contributed by atoms with Crippen LogP contribution in [0.4, 0.5) is 0 Å². The Hall–Kier alpha value is -3.41. The second-order valence-electron chi connectivity index (χ2n) is 6.69. The van der Waals surface area contributed by atoms with Gasteiger partial charge in [-0.3, -0.25) is 9.78 Å². The molecule has 1 N–H and O–H groups in total. The number of methoxy groups -OCH3 is 2. The first-order valence-electron chi connectivity index (χ1n) is 9.14. The number of pyridine rings is 1. The zero-order valence-corrected chi connectivity index (χ0v) is 15.8. The van der Waals surface area contributed by atoms with Crippen LogP contribution in [-0.4, -0.2) is 31.3 Å². The Morgan fingerprint density at radius 2 is 1.96 bits per heavy atom. The lowest BCUT2D eigenvalue weighted by Crippen LogP contribution is -2.18. The Labute approximate surface area is 163 Å². The van der Waals surface area contributed by atoms with E-state index in [1.807, 2.05) is 42.5 Å². The summed E-state index contributed by atoms with van der Waals surface area (Å²) in [5.74, 6) is 1.50. The lowest BCUT2D eigenvalue weighted by atomic mass is 10.1. The van der Waals surface area contributed by atoms with Crippen molar-refractivity contribution < 1.29 is 14.3 Å². The maximum Gasteiger partial charge on any atom is 0.272 e. The van der Waals surface area contributed by atoms with Crippen molar-refractivity contribution in [2.45, 2.75) is 18.8 Å². The first kappa shape index (κ1) is 18.0. The summed E-state index contributed by atoms with van der Waals surface area (Å²) in [4.78, 5) is 17.5. The number of amides is 1. The molecule has 0 atom stereocenters. The van der Waals surface area contributed by atoms with E-state index in [-0.39, 0.29) is 5.91 Å². The molecule has 0 bridgehead atoms. The predicted octanol–water partition coefficient (Wildman–Crippen LogP) is 3.89. The number of hydrazone groups is 1. The maximum absolute atomic E-state index is 12.8. The van der Waals surface area contributed by atoms with Gasteiger partial charge in [0.25, 0.3) is 5.91 Å². The van der Waals surface area contributed by atoms with Crippen LogP contribution in [0.1, 0.15) is 40.4 Å². The molecule has 1 aromatic heterocycles. The van der Waals surface area contributed by atoms with Crippen LogP contribution in [0.3, 0.4) is 0 Å². The maximum atomic E-state index is 12.8. The van der Waals surface area contributed by atoms with Crippen LogP contribution in [0.2, 0.25) is 0 Å². The molecule has 0 spiro atoms. The molecule has 0 unspecified atom stereocenters. The van der Waals surface area contributed by atoms with Crippen LogP contribution in [0.15, 0.2) is 53.6 Å². The van der Waals surface area contributed by atoms with Crippen LogP contribution < -0.4 is 14.9 Å². The summed E-state index contributed by atoms with van der Waals surface area (Å²) in [5, 5.41) is 4.93. The third-order valence-corrected chi connectivity index (χ3v) is 4.79. The number of para-hydroxylation sites is 1.